The van der Waals surface area contributed by atoms with Gasteiger partial charge in [0.25, 0.3) is 0 Å². The number of hydrogen-bond acceptors (Lipinski definition) is 7. The van der Waals surface area contributed by atoms with Gasteiger partial charge in [-0.2, -0.15) is 5.26 Å². The number of carbonyl (C=O) groups is 1. The molecule has 3 aromatic rings. The van der Waals surface area contributed by atoms with Crippen molar-refractivity contribution in [2.24, 2.45) is 0 Å². The van der Waals surface area contributed by atoms with Crippen LogP contribution in [-0.2, 0) is 30.8 Å². The lowest BCUT2D eigenvalue weighted by Gasteiger charge is -2.10. The molecule has 0 fully saturated rings. The number of nitrogens with one attached hydrogen (secondary N) is 1. The fourth-order valence-electron chi connectivity index (χ4n) is 3.95. The van der Waals surface area contributed by atoms with E-state index >= 15 is 0 Å². The summed E-state index contributed by atoms with van der Waals surface area (Å²) in [7, 11) is 0. The van der Waals surface area contributed by atoms with Crippen LogP contribution in [0.3, 0.4) is 0 Å². The number of aryl methyl sites for hydroxylation is 2. The van der Waals surface area contributed by atoms with Crippen molar-refractivity contribution < 1.29 is 9.53 Å². The van der Waals surface area contributed by atoms with Gasteiger partial charge in [0.2, 0.25) is 5.91 Å². The SMILES string of the molecule is C=CCn1c(COc2cc(C)ccc2Cl)nnc1SCC(=O)Nc1sc2c(c1C#N)CCCCC2. The Hall–Kier alpha value is -2.80. The predicted octanol–water partition coefficient (Wildman–Crippen LogP) is 5.94. The summed E-state index contributed by atoms with van der Waals surface area (Å²) in [5, 5.41) is 22.9. The zero-order valence-corrected chi connectivity index (χ0v) is 21.9. The topological polar surface area (TPSA) is 92.8 Å². The first-order valence-corrected chi connectivity index (χ1v) is 13.6. The molecule has 7 nitrogen and oxygen atoms in total. The van der Waals surface area contributed by atoms with E-state index in [0.717, 1.165) is 36.8 Å². The third-order valence-electron chi connectivity index (χ3n) is 5.67. The molecule has 10 heteroatoms. The van der Waals surface area contributed by atoms with Crippen molar-refractivity contribution in [1.82, 2.24) is 14.8 Å². The highest BCUT2D eigenvalue weighted by molar-refractivity contribution is 7.99. The second-order valence-electron chi connectivity index (χ2n) is 8.24. The van der Waals surface area contributed by atoms with Crippen LogP contribution in [0.5, 0.6) is 5.75 Å². The van der Waals surface area contributed by atoms with Crippen LogP contribution in [-0.4, -0.2) is 26.4 Å². The van der Waals surface area contributed by atoms with Crippen molar-refractivity contribution in [2.45, 2.75) is 57.3 Å². The van der Waals surface area contributed by atoms with Crippen LogP contribution in [0.1, 0.15) is 46.7 Å². The molecule has 4 rings (SSSR count). The van der Waals surface area contributed by atoms with E-state index in [1.165, 1.54) is 34.4 Å². The summed E-state index contributed by atoms with van der Waals surface area (Å²) in [5.74, 6) is 1.16. The first kappa shape index (κ1) is 25.3. The van der Waals surface area contributed by atoms with E-state index in [9.17, 15) is 10.1 Å². The monoisotopic (exact) mass is 527 g/mol. The molecular weight excluding hydrogens is 502 g/mol. The highest BCUT2D eigenvalue weighted by Crippen LogP contribution is 2.37. The summed E-state index contributed by atoms with van der Waals surface area (Å²) >= 11 is 9.05. The number of ether oxygens (including phenoxy) is 1. The molecule has 0 saturated heterocycles. The Morgan fingerprint density at radius 3 is 3.00 bits per heavy atom. The molecule has 0 saturated carbocycles. The molecule has 0 atom stereocenters. The molecule has 182 valence electrons. The molecule has 0 radical (unpaired) electrons. The van der Waals surface area contributed by atoms with Crippen molar-refractivity contribution in [3.63, 3.8) is 0 Å². The summed E-state index contributed by atoms with van der Waals surface area (Å²) < 4.78 is 7.74. The number of rotatable bonds is 9. The lowest BCUT2D eigenvalue weighted by molar-refractivity contribution is -0.113. The second-order valence-corrected chi connectivity index (χ2v) is 10.7. The fraction of sp³-hybridized carbons (Fsp3) is 0.360. The molecule has 35 heavy (non-hydrogen) atoms. The van der Waals surface area contributed by atoms with Crippen molar-refractivity contribution in [1.29, 1.82) is 5.26 Å². The first-order valence-electron chi connectivity index (χ1n) is 11.4. The number of hydrogen-bond donors (Lipinski definition) is 1. The number of allylic oxidation sites excluding steroid dienone is 1. The Balaban J connectivity index is 1.41. The van der Waals surface area contributed by atoms with E-state index in [4.69, 9.17) is 16.3 Å². The Morgan fingerprint density at radius 1 is 1.37 bits per heavy atom. The number of benzene rings is 1. The number of thiophene rings is 1. The minimum absolute atomic E-state index is 0.146. The highest BCUT2D eigenvalue weighted by Gasteiger charge is 2.21. The van der Waals surface area contributed by atoms with Gasteiger partial charge >= 0.3 is 0 Å². The van der Waals surface area contributed by atoms with Crippen LogP contribution < -0.4 is 10.1 Å². The van der Waals surface area contributed by atoms with Gasteiger partial charge in [0, 0.05) is 11.4 Å². The van der Waals surface area contributed by atoms with Gasteiger partial charge in [0.05, 0.1) is 16.3 Å². The fourth-order valence-corrected chi connectivity index (χ4v) is 6.14. The zero-order chi connectivity index (χ0) is 24.8. The normalized spacial score (nSPS) is 12.9. The number of nitriles is 1. The van der Waals surface area contributed by atoms with Crippen molar-refractivity contribution in [2.75, 3.05) is 11.1 Å². The number of nitrogens with zero attached hydrogens (tertiary/aromatic N) is 4. The van der Waals surface area contributed by atoms with Crippen molar-refractivity contribution >= 4 is 45.6 Å². The Labute approximate surface area is 218 Å². The summed E-state index contributed by atoms with van der Waals surface area (Å²) in [4.78, 5) is 14.0. The number of fused-ring (bicyclic) bond motifs is 1. The van der Waals surface area contributed by atoms with Crippen LogP contribution >= 0.6 is 34.7 Å². The molecule has 2 aromatic heterocycles. The van der Waals surface area contributed by atoms with Crippen LogP contribution in [0.2, 0.25) is 5.02 Å². The standard InChI is InChI=1S/C25H26ClN5O2S2/c1-3-11-31-22(14-33-20-12-16(2)9-10-19(20)26)29-30-25(31)34-15-23(32)28-24-18(13-27)17-7-5-4-6-8-21(17)35-24/h3,9-10,12H,1,4-8,11,14-15H2,2H3,(H,28,32). The van der Waals surface area contributed by atoms with E-state index < -0.39 is 0 Å². The summed E-state index contributed by atoms with van der Waals surface area (Å²) in [6.07, 6.45) is 7.02. The van der Waals surface area contributed by atoms with E-state index in [-0.39, 0.29) is 18.3 Å². The number of aromatic nitrogens is 3. The van der Waals surface area contributed by atoms with Crippen LogP contribution in [0.4, 0.5) is 5.00 Å². The van der Waals surface area contributed by atoms with E-state index in [1.54, 1.807) is 12.1 Å². The summed E-state index contributed by atoms with van der Waals surface area (Å²) in [6.45, 7) is 6.45. The molecule has 1 aliphatic carbocycles. The van der Waals surface area contributed by atoms with Crippen LogP contribution in [0.25, 0.3) is 0 Å². The predicted molar refractivity (Wildman–Crippen MR) is 140 cm³/mol. The quantitative estimate of drug-likeness (QED) is 0.210. The van der Waals surface area contributed by atoms with Gasteiger partial charge in [-0.1, -0.05) is 41.9 Å². The number of carbonyl (C=O) groups excluding carboxylic acids is 1. The van der Waals surface area contributed by atoms with Gasteiger partial charge < -0.3 is 10.1 Å². The van der Waals surface area contributed by atoms with Crippen LogP contribution in [0, 0.1) is 18.3 Å². The van der Waals surface area contributed by atoms with Gasteiger partial charge in [-0.05, 0) is 55.9 Å². The van der Waals surface area contributed by atoms with Crippen molar-refractivity contribution in [3.8, 4) is 11.8 Å². The zero-order valence-electron chi connectivity index (χ0n) is 19.5. The number of halogens is 1. The maximum absolute atomic E-state index is 12.7. The molecule has 1 N–H and O–H groups in total. The molecule has 1 aromatic carbocycles. The largest absolute Gasteiger partial charge is 0.484 e. The molecule has 0 spiro atoms. The van der Waals surface area contributed by atoms with E-state index in [0.29, 0.717) is 38.9 Å². The Bertz CT molecular complexity index is 1280. The molecular formula is C25H26ClN5O2S2. The van der Waals surface area contributed by atoms with Crippen molar-refractivity contribution in [3.05, 3.63) is 63.3 Å². The number of amides is 1. The van der Waals surface area contributed by atoms with E-state index in [1.807, 2.05) is 23.6 Å². The second kappa shape index (κ2) is 11.8. The Kier molecular flexibility index (Phi) is 8.50. The summed E-state index contributed by atoms with van der Waals surface area (Å²) in [6, 6.07) is 7.89. The number of thioether (sulfide) groups is 1. The molecule has 2 heterocycles. The lowest BCUT2D eigenvalue weighted by Crippen LogP contribution is -2.15. The average molecular weight is 528 g/mol. The maximum Gasteiger partial charge on any atom is 0.235 e. The summed E-state index contributed by atoms with van der Waals surface area (Å²) in [5.41, 5.74) is 2.78. The molecule has 0 bridgehead atoms. The highest BCUT2D eigenvalue weighted by atomic mass is 35.5. The van der Waals surface area contributed by atoms with Crippen LogP contribution in [0.15, 0.2) is 36.0 Å². The van der Waals surface area contributed by atoms with Gasteiger partial charge in [0.1, 0.15) is 23.4 Å². The van der Waals surface area contributed by atoms with Gasteiger partial charge in [-0.15, -0.1) is 28.1 Å². The third-order valence-corrected chi connectivity index (χ3v) is 8.15. The van der Waals surface area contributed by atoms with Gasteiger partial charge in [-0.25, -0.2) is 0 Å². The van der Waals surface area contributed by atoms with E-state index in [2.05, 4.69) is 28.2 Å². The molecule has 0 aliphatic heterocycles. The molecule has 1 amide bonds. The molecule has 1 aliphatic rings. The minimum Gasteiger partial charge on any atom is -0.484 e. The maximum atomic E-state index is 12.7. The lowest BCUT2D eigenvalue weighted by atomic mass is 10.1. The average Bonchev–Trinajstić information content (AvgIpc) is 3.29. The smallest absolute Gasteiger partial charge is 0.235 e. The van der Waals surface area contributed by atoms with Gasteiger partial charge in [-0.3, -0.25) is 9.36 Å². The molecule has 0 unspecified atom stereocenters. The number of anilines is 1. The first-order chi connectivity index (χ1) is 17.0. The van der Waals surface area contributed by atoms with Gasteiger partial charge in [0.15, 0.2) is 11.0 Å². The Morgan fingerprint density at radius 2 is 2.20 bits per heavy atom. The minimum atomic E-state index is -0.180. The third kappa shape index (κ3) is 6.07.